The fourth-order valence-corrected chi connectivity index (χ4v) is 18.3. The van der Waals surface area contributed by atoms with E-state index >= 15 is 0 Å². The number of nitrogens with zero attached hydrogens (tertiary/aromatic N) is 33. The number of ether oxygens (including phenoxy) is 1. The number of benzene rings is 7. The van der Waals surface area contributed by atoms with E-state index in [4.69, 9.17) is 44.7 Å². The number of hydrogen-bond donors (Lipinski definition) is 7. The van der Waals surface area contributed by atoms with Crippen molar-refractivity contribution in [2.45, 2.75) is 51.9 Å². The second-order valence-corrected chi connectivity index (χ2v) is 36.0. The monoisotopic (exact) mass is 2000 g/mol. The van der Waals surface area contributed by atoms with Gasteiger partial charge in [-0.1, -0.05) is 72.8 Å². The van der Waals surface area contributed by atoms with Gasteiger partial charge in [0.1, 0.15) is 41.6 Å². The van der Waals surface area contributed by atoms with E-state index < -0.39 is 29.3 Å². The molecule has 0 radical (unpaired) electrons. The van der Waals surface area contributed by atoms with Crippen LogP contribution in [0.5, 0.6) is 23.0 Å². The van der Waals surface area contributed by atoms with E-state index in [0.717, 1.165) is 106 Å². The van der Waals surface area contributed by atoms with Crippen LogP contribution in [0.1, 0.15) is 26.7 Å². The normalized spacial score (nSPS) is 14.1. The molecule has 0 bridgehead atoms. The van der Waals surface area contributed by atoms with Crippen molar-refractivity contribution < 1.29 is 68.8 Å². The highest BCUT2D eigenvalue weighted by molar-refractivity contribution is 5.92. The number of carboxylic acid groups (broad SMARTS) is 3. The van der Waals surface area contributed by atoms with Crippen LogP contribution < -0.4 is 39.2 Å². The predicted octanol–water partition coefficient (Wildman–Crippen LogP) is 9.83. The SMILES string of the molecule is CC(C)(C(=O)O)n1cnc2c(-n3ncc4ccccc43)nc(N3CCN(c4ccc(O)cc4)CC3)nc21.COC(=O)Cn1cnc2c(-n3ncc4ccccc43)nc(N3CCN(c4ccc(O)cc4)CC3)nc21.O=C(O)CCC(=O)Cn1cnc2c(-n3ncc4ccccc43)nc(N3CCN(c4ccc(O)cc4)CC3)nc21.O=C(O)Cn1cnc2c(-n3ncc4ccccc43)nc(N3CCN(c4ncc(O)cc4F)CC3)nc21. The molecular weight excluding hydrogens is 1900 g/mol. The maximum absolute atomic E-state index is 14.3. The lowest BCUT2D eigenvalue weighted by molar-refractivity contribution is -0.145. The Morgan fingerprint density at radius 3 is 0.973 bits per heavy atom. The fraction of sp³-hybridized carbons (Fsp3) is 0.248. The van der Waals surface area contributed by atoms with Gasteiger partial charge in [0.15, 0.2) is 85.3 Å². The van der Waals surface area contributed by atoms with E-state index in [0.29, 0.717) is 157 Å². The van der Waals surface area contributed by atoms with E-state index in [9.17, 15) is 59.0 Å². The number of carbonyl (C=O) groups excluding carboxylic acids is 2. The summed E-state index contributed by atoms with van der Waals surface area (Å²) in [5.74, 6) is 0.405. The summed E-state index contributed by atoms with van der Waals surface area (Å²) in [7, 11) is 1.36. The van der Waals surface area contributed by atoms with Crippen LogP contribution in [0, 0.1) is 5.82 Å². The molecule has 7 aromatic carbocycles. The third-order valence-corrected chi connectivity index (χ3v) is 26.3. The van der Waals surface area contributed by atoms with Gasteiger partial charge >= 0.3 is 23.9 Å². The fourth-order valence-electron chi connectivity index (χ4n) is 18.3. The minimum atomic E-state index is -1.26. The number of pyridine rings is 1. The average molecular weight is 2000 g/mol. The van der Waals surface area contributed by atoms with E-state index in [1.165, 1.54) is 30.5 Å². The van der Waals surface area contributed by atoms with Crippen LogP contribution in [0.25, 0.3) is 112 Å². The Kier molecular flexibility index (Phi) is 25.9. The number of para-hydroxylation sites is 4. The maximum Gasteiger partial charge on any atom is 0.329 e. The number of esters is 1. The number of carbonyl (C=O) groups is 5. The Bertz CT molecular complexity index is 8380. The number of halogens is 1. The highest BCUT2D eigenvalue weighted by Crippen LogP contribution is 2.36. The number of aromatic hydroxyl groups is 4. The average Bonchev–Trinajstić information content (AvgIpc) is 1.60. The molecule has 4 saturated heterocycles. The third-order valence-electron chi connectivity index (χ3n) is 26.3. The number of methoxy groups -OCH3 is 1. The Labute approximate surface area is 838 Å². The quantitative estimate of drug-likeness (QED) is 0.0293. The molecule has 0 amide bonds. The second kappa shape index (κ2) is 40.3. The van der Waals surface area contributed by atoms with Gasteiger partial charge in [-0.05, 0) is 111 Å². The summed E-state index contributed by atoms with van der Waals surface area (Å²) < 4.78 is 32.4. The number of phenols is 3. The molecule has 4 aliphatic heterocycles. The number of aliphatic carboxylic acids is 3. The van der Waals surface area contributed by atoms with Gasteiger partial charge in [-0.25, -0.2) is 52.8 Å². The number of piperazine rings is 4. The van der Waals surface area contributed by atoms with E-state index in [1.807, 2.05) is 138 Å². The highest BCUT2D eigenvalue weighted by Gasteiger charge is 2.36. The van der Waals surface area contributed by atoms with Crippen LogP contribution >= 0.6 is 0 Å². The minimum Gasteiger partial charge on any atom is -0.508 e. The second-order valence-electron chi connectivity index (χ2n) is 36.0. The van der Waals surface area contributed by atoms with Crippen LogP contribution in [0.15, 0.2) is 232 Å². The van der Waals surface area contributed by atoms with Crippen LogP contribution in [-0.4, -0.2) is 299 Å². The Hall–Kier alpha value is -19.1. The van der Waals surface area contributed by atoms with Gasteiger partial charge in [0.2, 0.25) is 23.8 Å². The number of anilines is 8. The van der Waals surface area contributed by atoms with Crippen molar-refractivity contribution in [2.24, 2.45) is 0 Å². The molecule has 13 aromatic heterocycles. The summed E-state index contributed by atoms with van der Waals surface area (Å²) in [4.78, 5) is 136. The molecule has 0 atom stereocenters. The molecule has 4 aliphatic rings. The van der Waals surface area contributed by atoms with Crippen molar-refractivity contribution in [1.82, 2.24) is 122 Å². The number of imidazole rings is 4. The number of aromatic nitrogens is 25. The number of hydrogen-bond acceptors (Lipinski definition) is 35. The summed E-state index contributed by atoms with van der Waals surface area (Å²) in [6, 6.07) is 53.8. The molecule has 0 unspecified atom stereocenters. The largest absolute Gasteiger partial charge is 0.508 e. The number of fused-ring (bicyclic) bond motifs is 8. The molecule has 0 spiro atoms. The summed E-state index contributed by atoms with van der Waals surface area (Å²) in [5.41, 5.74) is 9.16. The van der Waals surface area contributed by atoms with Gasteiger partial charge in [-0.15, -0.1) is 0 Å². The summed E-state index contributed by atoms with van der Waals surface area (Å²) in [6.45, 7) is 13.3. The molecule has 4 fully saturated rings. The zero-order chi connectivity index (χ0) is 102. The van der Waals surface area contributed by atoms with Crippen LogP contribution in [0.2, 0.25) is 0 Å². The Morgan fingerprint density at radius 1 is 0.331 bits per heavy atom. The van der Waals surface area contributed by atoms with Gasteiger partial charge in [-0.2, -0.15) is 60.3 Å². The van der Waals surface area contributed by atoms with Crippen molar-refractivity contribution >= 4 is 165 Å². The van der Waals surface area contributed by atoms with Gasteiger partial charge in [0, 0.05) is 156 Å². The molecule has 24 rings (SSSR count). The first-order chi connectivity index (χ1) is 71.9. The van der Waals surface area contributed by atoms with E-state index in [-0.39, 0.29) is 73.0 Å². The van der Waals surface area contributed by atoms with E-state index in [1.54, 1.807) is 125 Å². The summed E-state index contributed by atoms with van der Waals surface area (Å²) in [5, 5.41) is 88.5. The lowest BCUT2D eigenvalue weighted by Gasteiger charge is -2.36. The van der Waals surface area contributed by atoms with Crippen molar-refractivity contribution in [3.8, 4) is 46.3 Å². The van der Waals surface area contributed by atoms with E-state index in [2.05, 4.69) is 79.7 Å². The first-order valence-electron chi connectivity index (χ1n) is 47.5. The van der Waals surface area contributed by atoms with Crippen molar-refractivity contribution in [2.75, 3.05) is 151 Å². The van der Waals surface area contributed by atoms with Crippen LogP contribution in [-0.2, 0) is 53.9 Å². The lowest BCUT2D eigenvalue weighted by Crippen LogP contribution is -2.47. The molecule has 750 valence electrons. The maximum atomic E-state index is 14.3. The molecule has 46 nitrogen and oxygen atoms in total. The standard InChI is InChI=1S/C27H26N8O4.C26H26N8O3.C25H24N8O3.C23H20FN9O3/c36-20-7-5-19(6-8-20)32-11-13-33(14-12-32)27-30-25-24(28-17-34(25)16-21(37)9-10-23(38)39)26(31-27)35-22-4-2-1-3-18(22)15-29-35;1-26(2,24(36)37)33-16-27-21-22(33)29-25(30-23(21)34-20-6-4-3-5-17(20)15-28-34)32-13-11-31(12-14-32)18-7-9-19(35)10-8-18;1-36-21(35)15-32-16-26-22-23(32)28-25(29-24(22)33-20-5-3-2-4-17(20)14-27-33)31-12-10-30(11-13-31)18-6-8-19(34)9-7-18;24-16-9-15(34)11-25-20(16)30-5-7-31(8-6-30)23-28-21-19(26-13-32(21)12-18(35)36)22(29-23)33-17-4-2-1-3-14(17)10-27-33/h1-8,15,17,36H,9-14,16H2,(H,38,39);3-10,15-16,35H,11-14H2,1-2H3,(H,36,37);2-9,14,16,34H,10-13,15H2,1H3;1-4,9-11,13,34H,5-8,12H2,(H,35,36). The summed E-state index contributed by atoms with van der Waals surface area (Å²) in [6.07, 6.45) is 14.1. The van der Waals surface area contributed by atoms with Crippen molar-refractivity contribution in [3.05, 3.63) is 238 Å². The van der Waals surface area contributed by atoms with Crippen molar-refractivity contribution in [3.63, 3.8) is 0 Å². The predicted molar refractivity (Wildman–Crippen MR) is 546 cm³/mol. The van der Waals surface area contributed by atoms with Crippen LogP contribution in [0.3, 0.4) is 0 Å². The molecular formula is C101H96FN33O13. The molecule has 20 aromatic rings. The minimum absolute atomic E-state index is 0.00260. The third kappa shape index (κ3) is 19.3. The first kappa shape index (κ1) is 95.1. The molecule has 17 heterocycles. The Balaban J connectivity index is 0.000000116. The first-order valence-corrected chi connectivity index (χ1v) is 47.5. The Morgan fingerprint density at radius 2 is 0.642 bits per heavy atom. The number of ketones is 1. The zero-order valence-corrected chi connectivity index (χ0v) is 80.0. The zero-order valence-electron chi connectivity index (χ0n) is 80.0. The highest BCUT2D eigenvalue weighted by atomic mass is 19.1. The molecule has 47 heteroatoms. The van der Waals surface area contributed by atoms with Crippen LogP contribution in [0.4, 0.5) is 51.1 Å². The van der Waals surface area contributed by atoms with Crippen molar-refractivity contribution in [1.29, 1.82) is 0 Å². The number of rotatable bonds is 23. The number of carboxylic acids is 3. The summed E-state index contributed by atoms with van der Waals surface area (Å²) >= 11 is 0. The molecule has 0 saturated carbocycles. The molecule has 0 aliphatic carbocycles. The molecule has 7 N–H and O–H groups in total. The lowest BCUT2D eigenvalue weighted by atomic mass is 10.1. The van der Waals surface area contributed by atoms with Gasteiger partial charge in [-0.3, -0.25) is 23.7 Å². The van der Waals surface area contributed by atoms with Gasteiger partial charge in [0.05, 0.1) is 98.4 Å². The van der Waals surface area contributed by atoms with Gasteiger partial charge in [0.25, 0.3) is 0 Å². The van der Waals surface area contributed by atoms with Gasteiger partial charge < -0.3 is 93.4 Å². The topological polar surface area (TPSA) is 521 Å². The molecule has 148 heavy (non-hydrogen) atoms. The number of Topliss-reactive ketones (excluding diaryl/α,β-unsaturated/α-hetero) is 1. The smallest absolute Gasteiger partial charge is 0.329 e. The number of phenolic OH excluding ortho intramolecular Hbond substituents is 3.